The average molecular weight is 361 g/mol. The number of carbonyl (C=O) groups excluding carboxylic acids is 2. The lowest BCUT2D eigenvalue weighted by Gasteiger charge is -2.21. The molecule has 2 rings (SSSR count). The highest BCUT2D eigenvalue weighted by Gasteiger charge is 2.17. The van der Waals surface area contributed by atoms with Gasteiger partial charge in [-0.25, -0.2) is 0 Å². The highest BCUT2D eigenvalue weighted by atomic mass is 35.5. The van der Waals surface area contributed by atoms with Crippen molar-refractivity contribution in [2.45, 2.75) is 20.8 Å². The van der Waals surface area contributed by atoms with Gasteiger partial charge in [-0.1, -0.05) is 29.3 Å². The van der Waals surface area contributed by atoms with E-state index in [1.165, 1.54) is 18.9 Å². The maximum absolute atomic E-state index is 12.4. The molecule has 1 N–H and O–H groups in total. The van der Waals surface area contributed by atoms with Gasteiger partial charge in [0.2, 0.25) is 11.8 Å². The van der Waals surface area contributed by atoms with Crippen LogP contribution >= 0.6 is 11.6 Å². The molecule has 2 aromatic carbocycles. The van der Waals surface area contributed by atoms with Crippen molar-refractivity contribution in [2.24, 2.45) is 0 Å². The summed E-state index contributed by atoms with van der Waals surface area (Å²) in [5.74, 6) is -0.0280. The number of nitrogens with zero attached hydrogens (tertiary/aromatic N) is 1. The predicted octanol–water partition coefficient (Wildman–Crippen LogP) is 3.96. The summed E-state index contributed by atoms with van der Waals surface area (Å²) in [6.07, 6.45) is 0. The van der Waals surface area contributed by atoms with Crippen LogP contribution in [0.4, 0.5) is 11.4 Å². The minimum atomic E-state index is -0.283. The van der Waals surface area contributed by atoms with Gasteiger partial charge in [0.15, 0.2) is 0 Å². The van der Waals surface area contributed by atoms with Gasteiger partial charge in [0.05, 0.1) is 12.1 Å². The van der Waals surface area contributed by atoms with Crippen molar-refractivity contribution >= 4 is 34.8 Å². The zero-order valence-corrected chi connectivity index (χ0v) is 15.5. The molecule has 0 unspecified atom stereocenters. The zero-order chi connectivity index (χ0) is 18.6. The standard InChI is InChI=1S/C19H21ClN2O3/c1-12-5-7-17(13(2)9-12)21-19(24)11-22(14(3)23)15-6-8-18(25-4)16(20)10-15/h5-10H,11H2,1-4H3,(H,21,24). The summed E-state index contributed by atoms with van der Waals surface area (Å²) < 4.78 is 5.11. The number of amides is 2. The van der Waals surface area contributed by atoms with Gasteiger partial charge in [-0.05, 0) is 43.7 Å². The van der Waals surface area contributed by atoms with Gasteiger partial charge in [0.1, 0.15) is 12.3 Å². The fraction of sp³-hybridized carbons (Fsp3) is 0.263. The molecule has 6 heteroatoms. The highest BCUT2D eigenvalue weighted by Crippen LogP contribution is 2.29. The summed E-state index contributed by atoms with van der Waals surface area (Å²) in [5.41, 5.74) is 3.35. The Morgan fingerprint density at radius 2 is 1.88 bits per heavy atom. The molecule has 0 aliphatic rings. The molecule has 0 heterocycles. The summed E-state index contributed by atoms with van der Waals surface area (Å²) >= 11 is 6.12. The van der Waals surface area contributed by atoms with Crippen LogP contribution in [0.5, 0.6) is 5.75 Å². The molecule has 0 atom stereocenters. The van der Waals surface area contributed by atoms with E-state index in [0.717, 1.165) is 16.8 Å². The van der Waals surface area contributed by atoms with Crippen LogP contribution in [0, 0.1) is 13.8 Å². The van der Waals surface area contributed by atoms with Gasteiger partial charge in [-0.15, -0.1) is 0 Å². The van der Waals surface area contributed by atoms with Gasteiger partial charge >= 0.3 is 0 Å². The predicted molar refractivity (Wildman–Crippen MR) is 101 cm³/mol. The van der Waals surface area contributed by atoms with E-state index in [9.17, 15) is 9.59 Å². The third-order valence-corrected chi connectivity index (χ3v) is 4.08. The number of benzene rings is 2. The molecule has 0 aliphatic carbocycles. The summed E-state index contributed by atoms with van der Waals surface area (Å²) in [5, 5.41) is 3.22. The maximum atomic E-state index is 12.4. The molecular weight excluding hydrogens is 340 g/mol. The van der Waals surface area contributed by atoms with Crippen molar-refractivity contribution in [2.75, 3.05) is 23.9 Å². The number of nitrogens with one attached hydrogen (secondary N) is 1. The molecule has 0 aliphatic heterocycles. The third kappa shape index (κ3) is 4.73. The topological polar surface area (TPSA) is 58.6 Å². The lowest BCUT2D eigenvalue weighted by molar-refractivity contribution is -0.120. The van der Waals surface area contributed by atoms with E-state index >= 15 is 0 Å². The Balaban J connectivity index is 2.17. The first-order valence-corrected chi connectivity index (χ1v) is 8.18. The largest absolute Gasteiger partial charge is 0.495 e. The monoisotopic (exact) mass is 360 g/mol. The minimum Gasteiger partial charge on any atom is -0.495 e. The number of carbonyl (C=O) groups is 2. The Labute approximate surface area is 152 Å². The van der Waals surface area contributed by atoms with Gasteiger partial charge in [-0.2, -0.15) is 0 Å². The molecule has 0 bridgehead atoms. The fourth-order valence-corrected chi connectivity index (χ4v) is 2.75. The van der Waals surface area contributed by atoms with Gasteiger partial charge in [-0.3, -0.25) is 9.59 Å². The van der Waals surface area contributed by atoms with Crippen LogP contribution in [0.25, 0.3) is 0 Å². The van der Waals surface area contributed by atoms with E-state index in [4.69, 9.17) is 16.3 Å². The zero-order valence-electron chi connectivity index (χ0n) is 14.7. The fourth-order valence-electron chi connectivity index (χ4n) is 2.49. The average Bonchev–Trinajstić information content (AvgIpc) is 2.55. The Bertz CT molecular complexity index is 805. The van der Waals surface area contributed by atoms with Gasteiger partial charge < -0.3 is 15.0 Å². The second-order valence-electron chi connectivity index (χ2n) is 5.79. The number of methoxy groups -OCH3 is 1. The van der Waals surface area contributed by atoms with E-state index in [1.54, 1.807) is 18.2 Å². The smallest absolute Gasteiger partial charge is 0.244 e. The molecule has 2 amide bonds. The Morgan fingerprint density at radius 3 is 2.44 bits per heavy atom. The van der Waals surface area contributed by atoms with Crippen LogP contribution in [-0.4, -0.2) is 25.5 Å². The normalized spacial score (nSPS) is 10.3. The number of hydrogen-bond donors (Lipinski definition) is 1. The van der Waals surface area contributed by atoms with Crippen LogP contribution < -0.4 is 15.0 Å². The maximum Gasteiger partial charge on any atom is 0.244 e. The number of ether oxygens (including phenoxy) is 1. The van der Waals surface area contributed by atoms with Crippen LogP contribution in [0.2, 0.25) is 5.02 Å². The van der Waals surface area contributed by atoms with Gasteiger partial charge in [0, 0.05) is 18.3 Å². The Kier molecular flexibility index (Phi) is 6.04. The Hall–Kier alpha value is -2.53. The third-order valence-electron chi connectivity index (χ3n) is 3.78. The Morgan fingerprint density at radius 1 is 1.16 bits per heavy atom. The molecule has 0 radical (unpaired) electrons. The van der Waals surface area contributed by atoms with Crippen LogP contribution in [0.15, 0.2) is 36.4 Å². The second-order valence-corrected chi connectivity index (χ2v) is 6.20. The molecule has 0 saturated heterocycles. The van der Waals surface area contributed by atoms with E-state index in [2.05, 4.69) is 5.32 Å². The molecule has 5 nitrogen and oxygen atoms in total. The molecule has 0 spiro atoms. The van der Waals surface area contributed by atoms with E-state index < -0.39 is 0 Å². The van der Waals surface area contributed by atoms with Crippen LogP contribution in [-0.2, 0) is 9.59 Å². The number of halogens is 1. The lowest BCUT2D eigenvalue weighted by Crippen LogP contribution is -2.36. The molecule has 0 fully saturated rings. The van der Waals surface area contributed by atoms with Crippen LogP contribution in [0.3, 0.4) is 0 Å². The molecule has 0 saturated carbocycles. The number of hydrogen-bond acceptors (Lipinski definition) is 3. The van der Waals surface area contributed by atoms with Crippen molar-refractivity contribution in [3.05, 3.63) is 52.5 Å². The van der Waals surface area contributed by atoms with E-state index in [0.29, 0.717) is 16.5 Å². The highest BCUT2D eigenvalue weighted by molar-refractivity contribution is 6.32. The van der Waals surface area contributed by atoms with Crippen molar-refractivity contribution in [3.8, 4) is 5.75 Å². The van der Waals surface area contributed by atoms with Crippen LogP contribution in [0.1, 0.15) is 18.1 Å². The van der Waals surface area contributed by atoms with Crippen molar-refractivity contribution in [1.82, 2.24) is 0 Å². The van der Waals surface area contributed by atoms with Crippen molar-refractivity contribution < 1.29 is 14.3 Å². The molecule has 25 heavy (non-hydrogen) atoms. The number of rotatable bonds is 5. The molecular formula is C19H21ClN2O3. The van der Waals surface area contributed by atoms with E-state index in [1.807, 2.05) is 32.0 Å². The van der Waals surface area contributed by atoms with E-state index in [-0.39, 0.29) is 18.4 Å². The lowest BCUT2D eigenvalue weighted by atomic mass is 10.1. The quantitative estimate of drug-likeness (QED) is 0.878. The molecule has 132 valence electrons. The first-order valence-electron chi connectivity index (χ1n) is 7.80. The van der Waals surface area contributed by atoms with Crippen molar-refractivity contribution in [1.29, 1.82) is 0 Å². The summed E-state index contributed by atoms with van der Waals surface area (Å²) in [6.45, 7) is 5.21. The second kappa shape index (κ2) is 8.03. The SMILES string of the molecule is COc1ccc(N(CC(=O)Nc2ccc(C)cc2C)C(C)=O)cc1Cl. The van der Waals surface area contributed by atoms with Gasteiger partial charge in [0.25, 0.3) is 0 Å². The minimum absolute atomic E-state index is 0.106. The first-order chi connectivity index (χ1) is 11.8. The first kappa shape index (κ1) is 18.8. The summed E-state index contributed by atoms with van der Waals surface area (Å²) in [6, 6.07) is 10.7. The number of anilines is 2. The summed E-state index contributed by atoms with van der Waals surface area (Å²) in [7, 11) is 1.51. The summed E-state index contributed by atoms with van der Waals surface area (Å²) in [4.78, 5) is 25.7. The molecule has 0 aromatic heterocycles. The van der Waals surface area contributed by atoms with Crippen molar-refractivity contribution in [3.63, 3.8) is 0 Å². The molecule has 2 aromatic rings. The number of aryl methyl sites for hydroxylation is 2.